The fraction of sp³-hybridized carbons (Fsp3) is 0.179. The van der Waals surface area contributed by atoms with Gasteiger partial charge in [0.25, 0.3) is 0 Å². The molecule has 3 heteroatoms. The number of methoxy groups -OCH3 is 1. The van der Waals surface area contributed by atoms with E-state index >= 15 is 0 Å². The summed E-state index contributed by atoms with van der Waals surface area (Å²) in [6.07, 6.45) is 1.15. The fourth-order valence-electron chi connectivity index (χ4n) is 4.71. The smallest absolute Gasteiger partial charge is 0.181 e. The number of aryl methyl sites for hydroxylation is 1. The zero-order chi connectivity index (χ0) is 21.3. The predicted octanol–water partition coefficient (Wildman–Crippen LogP) is 5.82. The van der Waals surface area contributed by atoms with Crippen molar-refractivity contribution in [2.75, 3.05) is 7.11 Å². The number of hydrogen-bond donors (Lipinski definition) is 0. The van der Waals surface area contributed by atoms with Crippen LogP contribution in [-0.2, 0) is 28.2 Å². The maximum Gasteiger partial charge on any atom is 0.181 e. The summed E-state index contributed by atoms with van der Waals surface area (Å²) in [5, 5.41) is 2.02. The monoisotopic (exact) mass is 408 g/mol. The van der Waals surface area contributed by atoms with E-state index in [-0.39, 0.29) is 5.78 Å². The molecular weight excluding hydrogens is 384 g/mol. The quantitative estimate of drug-likeness (QED) is 0.417. The maximum atomic E-state index is 13.8. The number of ketones is 1. The highest BCUT2D eigenvalue weighted by atomic mass is 16.5. The van der Waals surface area contributed by atoms with Crippen LogP contribution < -0.4 is 4.74 Å². The molecule has 1 atom stereocenters. The Balaban J connectivity index is 1.81. The van der Waals surface area contributed by atoms with Crippen LogP contribution in [0.5, 0.6) is 5.75 Å². The summed E-state index contributed by atoms with van der Waals surface area (Å²) in [7, 11) is 1.65. The minimum atomic E-state index is -1.23. The van der Waals surface area contributed by atoms with Crippen molar-refractivity contribution in [1.82, 2.24) is 0 Å². The molecule has 4 aromatic carbocycles. The zero-order valence-corrected chi connectivity index (χ0v) is 17.5. The second-order valence-electron chi connectivity index (χ2n) is 7.90. The second-order valence-corrected chi connectivity index (χ2v) is 7.90. The van der Waals surface area contributed by atoms with Crippen LogP contribution in [0.3, 0.4) is 0 Å². The van der Waals surface area contributed by atoms with Crippen molar-refractivity contribution in [3.05, 3.63) is 113 Å². The summed E-state index contributed by atoms with van der Waals surface area (Å²) in [4.78, 5) is 13.8. The number of ether oxygens (including phenoxy) is 2. The molecule has 0 spiro atoms. The number of rotatable bonds is 5. The van der Waals surface area contributed by atoms with E-state index in [1.807, 2.05) is 78.9 Å². The largest absolute Gasteiger partial charge is 0.496 e. The van der Waals surface area contributed by atoms with Gasteiger partial charge in [-0.1, -0.05) is 84.9 Å². The molecule has 0 aliphatic heterocycles. The predicted molar refractivity (Wildman–Crippen MR) is 122 cm³/mol. The number of carbonyl (C=O) groups is 1. The van der Waals surface area contributed by atoms with Gasteiger partial charge in [0.05, 0.1) is 13.7 Å². The van der Waals surface area contributed by atoms with Crippen molar-refractivity contribution in [1.29, 1.82) is 0 Å². The van der Waals surface area contributed by atoms with Crippen molar-refractivity contribution in [2.45, 2.75) is 25.0 Å². The molecule has 0 N–H and O–H groups in total. The van der Waals surface area contributed by atoms with Gasteiger partial charge in [0, 0.05) is 12.0 Å². The van der Waals surface area contributed by atoms with Gasteiger partial charge in [-0.15, -0.1) is 0 Å². The van der Waals surface area contributed by atoms with Crippen LogP contribution in [0.2, 0.25) is 0 Å². The third-order valence-corrected chi connectivity index (χ3v) is 6.17. The van der Waals surface area contributed by atoms with E-state index in [0.29, 0.717) is 18.8 Å². The van der Waals surface area contributed by atoms with Crippen LogP contribution in [0.1, 0.15) is 28.7 Å². The molecule has 5 rings (SSSR count). The highest BCUT2D eigenvalue weighted by Crippen LogP contribution is 2.48. The Morgan fingerprint density at radius 1 is 0.806 bits per heavy atom. The Morgan fingerprint density at radius 2 is 1.55 bits per heavy atom. The SMILES string of the molecule is COc1ccc2ccccc2c1[C@]1(OCc2ccccc2)C(=O)CCc2ccccc21. The lowest BCUT2D eigenvalue weighted by molar-refractivity contribution is -0.143. The first-order valence-corrected chi connectivity index (χ1v) is 10.6. The maximum absolute atomic E-state index is 13.8. The van der Waals surface area contributed by atoms with Crippen LogP contribution in [-0.4, -0.2) is 12.9 Å². The molecular formula is C28H24O3. The van der Waals surface area contributed by atoms with Crippen molar-refractivity contribution in [2.24, 2.45) is 0 Å². The number of carbonyl (C=O) groups excluding carboxylic acids is 1. The number of fused-ring (bicyclic) bond motifs is 2. The van der Waals surface area contributed by atoms with Gasteiger partial charge in [-0.25, -0.2) is 0 Å². The molecule has 1 aliphatic carbocycles. The van der Waals surface area contributed by atoms with E-state index in [1.165, 1.54) is 0 Å². The average molecular weight is 408 g/mol. The van der Waals surface area contributed by atoms with Crippen LogP contribution in [0.25, 0.3) is 10.8 Å². The molecule has 0 aromatic heterocycles. The third kappa shape index (κ3) is 3.22. The van der Waals surface area contributed by atoms with Crippen LogP contribution >= 0.6 is 0 Å². The second kappa shape index (κ2) is 8.01. The summed E-state index contributed by atoms with van der Waals surface area (Å²) < 4.78 is 12.5. The summed E-state index contributed by atoms with van der Waals surface area (Å²) >= 11 is 0. The van der Waals surface area contributed by atoms with Gasteiger partial charge in [-0.05, 0) is 39.9 Å². The minimum Gasteiger partial charge on any atom is -0.496 e. The number of Topliss-reactive ketones (excluding diaryl/α,β-unsaturated/α-hetero) is 1. The van der Waals surface area contributed by atoms with Gasteiger partial charge < -0.3 is 9.47 Å². The summed E-state index contributed by atoms with van der Waals surface area (Å²) in [6, 6.07) is 30.2. The Kier molecular flexibility index (Phi) is 5.05. The highest BCUT2D eigenvalue weighted by molar-refractivity contribution is 6.01. The van der Waals surface area contributed by atoms with Crippen LogP contribution in [0.15, 0.2) is 91.0 Å². The molecule has 31 heavy (non-hydrogen) atoms. The van der Waals surface area contributed by atoms with Crippen molar-refractivity contribution in [3.63, 3.8) is 0 Å². The molecule has 0 unspecified atom stereocenters. The number of hydrogen-bond acceptors (Lipinski definition) is 3. The summed E-state index contributed by atoms with van der Waals surface area (Å²) in [6.45, 7) is 0.327. The van der Waals surface area contributed by atoms with Gasteiger partial charge >= 0.3 is 0 Å². The van der Waals surface area contributed by atoms with Crippen LogP contribution in [0, 0.1) is 0 Å². The lowest BCUT2D eigenvalue weighted by atomic mass is 9.72. The van der Waals surface area contributed by atoms with E-state index in [4.69, 9.17) is 9.47 Å². The lowest BCUT2D eigenvalue weighted by Gasteiger charge is -2.39. The first-order chi connectivity index (χ1) is 15.2. The molecule has 0 fully saturated rings. The molecule has 0 radical (unpaired) electrons. The average Bonchev–Trinajstić information content (AvgIpc) is 2.84. The van der Waals surface area contributed by atoms with Gasteiger partial charge in [-0.3, -0.25) is 4.79 Å². The molecule has 3 nitrogen and oxygen atoms in total. The van der Waals surface area contributed by atoms with E-state index in [2.05, 4.69) is 12.1 Å². The Labute approximate surface area is 182 Å². The number of benzene rings is 4. The first-order valence-electron chi connectivity index (χ1n) is 10.6. The molecule has 0 amide bonds. The van der Waals surface area contributed by atoms with Crippen molar-refractivity contribution < 1.29 is 14.3 Å². The highest BCUT2D eigenvalue weighted by Gasteiger charge is 2.49. The summed E-state index contributed by atoms with van der Waals surface area (Å²) in [5.41, 5.74) is 2.65. The third-order valence-electron chi connectivity index (χ3n) is 6.17. The van der Waals surface area contributed by atoms with E-state index < -0.39 is 5.60 Å². The first kappa shape index (κ1) is 19.5. The molecule has 4 aromatic rings. The van der Waals surface area contributed by atoms with Crippen molar-refractivity contribution in [3.8, 4) is 5.75 Å². The van der Waals surface area contributed by atoms with E-state index in [0.717, 1.165) is 39.4 Å². The van der Waals surface area contributed by atoms with Crippen molar-refractivity contribution >= 4 is 16.6 Å². The topological polar surface area (TPSA) is 35.5 Å². The fourth-order valence-corrected chi connectivity index (χ4v) is 4.71. The Morgan fingerprint density at radius 3 is 2.39 bits per heavy atom. The Bertz CT molecular complexity index is 1250. The van der Waals surface area contributed by atoms with E-state index in [9.17, 15) is 4.79 Å². The molecule has 0 bridgehead atoms. The van der Waals surface area contributed by atoms with Gasteiger partial charge in [0.2, 0.25) is 0 Å². The van der Waals surface area contributed by atoms with Gasteiger partial charge in [0.15, 0.2) is 11.4 Å². The lowest BCUT2D eigenvalue weighted by Crippen LogP contribution is -2.44. The standard InChI is InChI=1S/C28H24O3/c1-30-25-17-15-21-11-5-7-13-23(21)27(25)28(31-19-20-9-3-2-4-10-20)24-14-8-6-12-22(24)16-18-26(28)29/h2-15,17H,16,18-19H2,1H3/t28-/m1/s1. The normalized spacial score (nSPS) is 18.0. The van der Waals surface area contributed by atoms with Crippen LogP contribution in [0.4, 0.5) is 0 Å². The van der Waals surface area contributed by atoms with E-state index in [1.54, 1.807) is 7.11 Å². The molecule has 1 aliphatic rings. The zero-order valence-electron chi connectivity index (χ0n) is 17.5. The van der Waals surface area contributed by atoms with Gasteiger partial charge in [-0.2, -0.15) is 0 Å². The summed E-state index contributed by atoms with van der Waals surface area (Å²) in [5.74, 6) is 0.730. The minimum absolute atomic E-state index is 0.0665. The molecule has 0 heterocycles. The Hall–Kier alpha value is -3.43. The molecule has 0 saturated heterocycles. The van der Waals surface area contributed by atoms with Gasteiger partial charge in [0.1, 0.15) is 5.75 Å². The molecule has 0 saturated carbocycles. The molecule has 154 valence electrons.